The first-order chi connectivity index (χ1) is 12.9. The summed E-state index contributed by atoms with van der Waals surface area (Å²) in [5.74, 6) is 0.203. The normalized spacial score (nSPS) is 25.6. The molecule has 0 aromatic heterocycles. The van der Waals surface area contributed by atoms with E-state index in [1.807, 2.05) is 6.92 Å². The Kier molecular flexibility index (Phi) is 4.78. The van der Waals surface area contributed by atoms with Crippen LogP contribution < -0.4 is 5.32 Å². The fourth-order valence-corrected chi connectivity index (χ4v) is 5.07. The molecular formula is C19H21ClN4O2S. The molecule has 0 aliphatic carbocycles. The Morgan fingerprint density at radius 2 is 1.89 bits per heavy atom. The number of allylic oxidation sites excluding steroid dienone is 1. The second kappa shape index (κ2) is 6.96. The third kappa shape index (κ3) is 3.77. The molecule has 1 N–H and O–H groups in total. The maximum Gasteiger partial charge on any atom is 0.184 e. The fourth-order valence-electron chi connectivity index (χ4n) is 3.68. The van der Waals surface area contributed by atoms with Gasteiger partial charge in [0.1, 0.15) is 5.71 Å². The fraction of sp³-hybridized carbons (Fsp3) is 0.421. The molecule has 0 saturated carbocycles. The van der Waals surface area contributed by atoms with Gasteiger partial charge in [0.25, 0.3) is 0 Å². The first-order valence-corrected chi connectivity index (χ1v) is 11.0. The maximum atomic E-state index is 12.6. The smallest absolute Gasteiger partial charge is 0.184 e. The Labute approximate surface area is 164 Å². The van der Waals surface area contributed by atoms with Gasteiger partial charge in [0.05, 0.1) is 28.3 Å². The standard InChI is InChI=1S/C19H21ClN4O2S/c1-19(13-6-8-21-9-7-13)22-11-18-17(24-19)10-15(23-18)12-27(25,26)16-4-2-14(20)3-5-16/h2-5,10-11,13,21H,6-9,12H2,1H3. The zero-order valence-corrected chi connectivity index (χ0v) is 16.6. The number of fused-ring (bicyclic) bond motifs is 1. The largest absolute Gasteiger partial charge is 0.317 e. The second-order valence-electron chi connectivity index (χ2n) is 7.22. The van der Waals surface area contributed by atoms with Crippen LogP contribution >= 0.6 is 11.6 Å². The van der Waals surface area contributed by atoms with Crippen LogP contribution in [0.4, 0.5) is 0 Å². The molecule has 3 aliphatic heterocycles. The van der Waals surface area contributed by atoms with Crippen LogP contribution in [0.1, 0.15) is 19.8 Å². The molecule has 27 heavy (non-hydrogen) atoms. The number of piperidine rings is 1. The van der Waals surface area contributed by atoms with E-state index < -0.39 is 15.5 Å². The third-order valence-electron chi connectivity index (χ3n) is 5.25. The molecular weight excluding hydrogens is 384 g/mol. The number of nitrogens with zero attached hydrogens (tertiary/aromatic N) is 3. The van der Waals surface area contributed by atoms with Crippen molar-refractivity contribution in [3.05, 3.63) is 41.1 Å². The molecule has 1 unspecified atom stereocenters. The summed E-state index contributed by atoms with van der Waals surface area (Å²) in [6, 6.07) is 6.18. The molecule has 4 rings (SSSR count). The summed E-state index contributed by atoms with van der Waals surface area (Å²) in [6.07, 6.45) is 5.56. The summed E-state index contributed by atoms with van der Waals surface area (Å²) >= 11 is 5.84. The minimum atomic E-state index is -3.49. The Morgan fingerprint density at radius 1 is 1.19 bits per heavy atom. The minimum Gasteiger partial charge on any atom is -0.317 e. The number of benzene rings is 1. The van der Waals surface area contributed by atoms with E-state index in [9.17, 15) is 8.42 Å². The van der Waals surface area contributed by atoms with Crippen LogP contribution in [0.5, 0.6) is 0 Å². The van der Waals surface area contributed by atoms with Crippen LogP contribution in [0.15, 0.2) is 55.9 Å². The van der Waals surface area contributed by atoms with Gasteiger partial charge in [0, 0.05) is 10.9 Å². The highest BCUT2D eigenvalue weighted by molar-refractivity contribution is 7.91. The van der Waals surface area contributed by atoms with E-state index in [0.29, 0.717) is 22.3 Å². The predicted octanol–water partition coefficient (Wildman–Crippen LogP) is 2.69. The molecule has 1 saturated heterocycles. The Bertz CT molecular complexity index is 973. The zero-order valence-electron chi connectivity index (χ0n) is 15.0. The zero-order chi connectivity index (χ0) is 19.1. The summed E-state index contributed by atoms with van der Waals surface area (Å²) in [7, 11) is -3.49. The van der Waals surface area contributed by atoms with Gasteiger partial charge in [-0.25, -0.2) is 13.4 Å². The van der Waals surface area contributed by atoms with Crippen LogP contribution in [0.2, 0.25) is 5.02 Å². The summed E-state index contributed by atoms with van der Waals surface area (Å²) in [4.78, 5) is 14.2. The molecule has 0 amide bonds. The first kappa shape index (κ1) is 18.5. The van der Waals surface area contributed by atoms with Crippen LogP contribution in [0, 0.1) is 5.92 Å². The van der Waals surface area contributed by atoms with E-state index in [2.05, 4.69) is 15.3 Å². The number of halogens is 1. The highest BCUT2D eigenvalue weighted by Crippen LogP contribution is 2.33. The lowest BCUT2D eigenvalue weighted by molar-refractivity contribution is 0.244. The van der Waals surface area contributed by atoms with Gasteiger partial charge in [-0.2, -0.15) is 0 Å². The van der Waals surface area contributed by atoms with Gasteiger partial charge in [-0.3, -0.25) is 9.98 Å². The first-order valence-electron chi connectivity index (χ1n) is 8.99. The van der Waals surface area contributed by atoms with Crippen molar-refractivity contribution in [2.45, 2.75) is 30.3 Å². The van der Waals surface area contributed by atoms with Crippen molar-refractivity contribution in [2.24, 2.45) is 20.9 Å². The highest BCUT2D eigenvalue weighted by atomic mass is 35.5. The summed E-state index contributed by atoms with van der Waals surface area (Å²) in [5.41, 5.74) is 1.35. The molecule has 3 aliphatic rings. The van der Waals surface area contributed by atoms with Crippen molar-refractivity contribution in [2.75, 3.05) is 18.8 Å². The number of rotatable bonds is 4. The number of hydrogen-bond donors (Lipinski definition) is 1. The van der Waals surface area contributed by atoms with Gasteiger partial charge in [-0.1, -0.05) is 11.6 Å². The predicted molar refractivity (Wildman–Crippen MR) is 109 cm³/mol. The van der Waals surface area contributed by atoms with E-state index >= 15 is 0 Å². The molecule has 1 aromatic carbocycles. The third-order valence-corrected chi connectivity index (χ3v) is 7.17. The van der Waals surface area contributed by atoms with E-state index in [1.54, 1.807) is 24.4 Å². The summed E-state index contributed by atoms with van der Waals surface area (Å²) < 4.78 is 25.3. The molecule has 1 atom stereocenters. The average molecular weight is 405 g/mol. The van der Waals surface area contributed by atoms with Crippen molar-refractivity contribution >= 4 is 39.1 Å². The van der Waals surface area contributed by atoms with Crippen molar-refractivity contribution in [1.82, 2.24) is 5.32 Å². The van der Waals surface area contributed by atoms with Crippen LogP contribution in [0.3, 0.4) is 0 Å². The average Bonchev–Trinajstić information content (AvgIpc) is 3.03. The van der Waals surface area contributed by atoms with Gasteiger partial charge in [-0.15, -0.1) is 0 Å². The van der Waals surface area contributed by atoms with E-state index in [-0.39, 0.29) is 10.6 Å². The van der Waals surface area contributed by atoms with E-state index in [4.69, 9.17) is 16.6 Å². The molecule has 3 heterocycles. The molecule has 0 radical (unpaired) electrons. The van der Waals surface area contributed by atoms with Gasteiger partial charge in [-0.05, 0) is 63.2 Å². The van der Waals surface area contributed by atoms with Crippen molar-refractivity contribution < 1.29 is 8.42 Å². The van der Waals surface area contributed by atoms with Gasteiger partial charge < -0.3 is 5.32 Å². The molecule has 1 fully saturated rings. The Morgan fingerprint density at radius 3 is 2.59 bits per heavy atom. The van der Waals surface area contributed by atoms with E-state index in [0.717, 1.165) is 31.6 Å². The number of aliphatic imine (C=N–C) groups is 3. The maximum absolute atomic E-state index is 12.6. The highest BCUT2D eigenvalue weighted by Gasteiger charge is 2.37. The monoisotopic (exact) mass is 404 g/mol. The quantitative estimate of drug-likeness (QED) is 0.837. The van der Waals surface area contributed by atoms with Gasteiger partial charge in [0.15, 0.2) is 15.5 Å². The number of sulfone groups is 1. The molecule has 8 heteroatoms. The molecule has 0 bridgehead atoms. The number of nitrogens with one attached hydrogen (secondary N) is 1. The molecule has 142 valence electrons. The van der Waals surface area contributed by atoms with Crippen molar-refractivity contribution in [3.63, 3.8) is 0 Å². The number of hydrogen-bond acceptors (Lipinski definition) is 6. The van der Waals surface area contributed by atoms with Crippen molar-refractivity contribution in [3.8, 4) is 0 Å². The van der Waals surface area contributed by atoms with Gasteiger partial charge >= 0.3 is 0 Å². The summed E-state index contributed by atoms with van der Waals surface area (Å²) in [6.45, 7) is 3.99. The van der Waals surface area contributed by atoms with E-state index in [1.165, 1.54) is 12.1 Å². The summed E-state index contributed by atoms with van der Waals surface area (Å²) in [5, 5.41) is 3.86. The second-order valence-corrected chi connectivity index (χ2v) is 9.65. The van der Waals surface area contributed by atoms with Crippen LogP contribution in [-0.4, -0.2) is 50.6 Å². The Balaban J connectivity index is 1.56. The Hall–Kier alpha value is -1.83. The minimum absolute atomic E-state index is 0.172. The van der Waals surface area contributed by atoms with Crippen LogP contribution in [0.25, 0.3) is 0 Å². The lowest BCUT2D eigenvalue weighted by Crippen LogP contribution is -2.42. The van der Waals surface area contributed by atoms with Crippen LogP contribution in [-0.2, 0) is 9.84 Å². The lowest BCUT2D eigenvalue weighted by Gasteiger charge is -2.35. The van der Waals surface area contributed by atoms with Gasteiger partial charge in [0.2, 0.25) is 0 Å². The topological polar surface area (TPSA) is 83.2 Å². The van der Waals surface area contributed by atoms with Crippen molar-refractivity contribution in [1.29, 1.82) is 0 Å². The molecule has 1 aromatic rings. The lowest BCUT2D eigenvalue weighted by atomic mass is 9.85. The SMILES string of the molecule is CC1(C2CCNCC2)N=CC2=NC(CS(=O)(=O)c3ccc(Cl)cc3)=CC2=N1. The molecule has 0 spiro atoms. The molecule has 6 nitrogen and oxygen atoms in total.